The molecule has 0 bridgehead atoms. The normalized spacial score (nSPS) is 10.6. The minimum absolute atomic E-state index is 0. The van der Waals surface area contributed by atoms with Crippen molar-refractivity contribution in [2.24, 2.45) is 0 Å². The van der Waals surface area contributed by atoms with Crippen molar-refractivity contribution in [2.45, 2.75) is 71.1 Å². The Kier molecular flexibility index (Phi) is 27.0. The summed E-state index contributed by atoms with van der Waals surface area (Å²) in [5.41, 5.74) is 0. The van der Waals surface area contributed by atoms with E-state index in [1.165, 1.54) is 44.9 Å². The SMILES string of the molecule is CCCCCCCCCCCCP(=O)([O-])[O-].[K+].[K+]. The second-order valence-corrected chi connectivity index (χ2v) is 6.19. The second kappa shape index (κ2) is 18.5. The molecule has 0 N–H and O–H groups in total. The standard InChI is InChI=1S/C12H27O3P.2K/c1-2-3-4-5-6-7-8-9-10-11-12-16(13,14)15;;/h2-12H2,1H3,(H2,13,14,15);;/q;2*+1/p-2. The third-order valence-corrected chi connectivity index (χ3v) is 3.65. The van der Waals surface area contributed by atoms with Gasteiger partial charge >= 0.3 is 103 Å². The van der Waals surface area contributed by atoms with Gasteiger partial charge in [0, 0.05) is 0 Å². The number of rotatable bonds is 11. The second-order valence-electron chi connectivity index (χ2n) is 4.52. The van der Waals surface area contributed by atoms with Crippen LogP contribution in [0, 0.1) is 0 Å². The summed E-state index contributed by atoms with van der Waals surface area (Å²) in [4.78, 5) is 20.7. The zero-order chi connectivity index (χ0) is 12.3. The van der Waals surface area contributed by atoms with E-state index >= 15 is 0 Å². The van der Waals surface area contributed by atoms with Gasteiger partial charge < -0.3 is 14.4 Å². The Labute approximate surface area is 198 Å². The van der Waals surface area contributed by atoms with Gasteiger partial charge in [-0.25, -0.2) is 0 Å². The topological polar surface area (TPSA) is 63.2 Å². The molecule has 0 radical (unpaired) electrons. The van der Waals surface area contributed by atoms with Crippen molar-refractivity contribution in [1.82, 2.24) is 0 Å². The van der Waals surface area contributed by atoms with Gasteiger partial charge in [0.2, 0.25) is 0 Å². The smallest absolute Gasteiger partial charge is 0.811 e. The summed E-state index contributed by atoms with van der Waals surface area (Å²) in [6, 6.07) is 0. The van der Waals surface area contributed by atoms with Crippen LogP contribution in [0.4, 0.5) is 0 Å². The Hall–Kier alpha value is 3.42. The minimum atomic E-state index is -4.24. The van der Waals surface area contributed by atoms with Crippen molar-refractivity contribution in [2.75, 3.05) is 6.16 Å². The van der Waals surface area contributed by atoms with Crippen LogP contribution in [-0.4, -0.2) is 6.16 Å². The molecule has 98 valence electrons. The van der Waals surface area contributed by atoms with Crippen LogP contribution in [0.2, 0.25) is 0 Å². The van der Waals surface area contributed by atoms with Crippen LogP contribution in [0.25, 0.3) is 0 Å². The van der Waals surface area contributed by atoms with Gasteiger partial charge in [-0.3, -0.25) is 0 Å². The van der Waals surface area contributed by atoms with E-state index < -0.39 is 7.60 Å². The van der Waals surface area contributed by atoms with Gasteiger partial charge in [-0.15, -0.1) is 0 Å². The van der Waals surface area contributed by atoms with E-state index in [2.05, 4.69) is 6.92 Å². The van der Waals surface area contributed by atoms with E-state index in [0.717, 1.165) is 12.8 Å². The minimum Gasteiger partial charge on any atom is -0.811 e. The summed E-state index contributed by atoms with van der Waals surface area (Å²) in [7, 11) is -4.24. The van der Waals surface area contributed by atoms with Crippen molar-refractivity contribution < 1.29 is 117 Å². The van der Waals surface area contributed by atoms with Gasteiger partial charge in [0.15, 0.2) is 0 Å². The van der Waals surface area contributed by atoms with Crippen molar-refractivity contribution in [3.05, 3.63) is 0 Å². The molecule has 18 heavy (non-hydrogen) atoms. The quantitative estimate of drug-likeness (QED) is 0.229. The third kappa shape index (κ3) is 24.4. The molecule has 0 heterocycles. The molecular formula is C12H25K2O3P. The molecular weight excluding hydrogens is 301 g/mol. The van der Waals surface area contributed by atoms with Crippen LogP contribution >= 0.6 is 7.60 Å². The Morgan fingerprint density at radius 3 is 1.39 bits per heavy atom. The fraction of sp³-hybridized carbons (Fsp3) is 1.00. The van der Waals surface area contributed by atoms with Gasteiger partial charge in [-0.1, -0.05) is 72.3 Å². The van der Waals surface area contributed by atoms with Gasteiger partial charge in [-0.2, -0.15) is 0 Å². The summed E-state index contributed by atoms with van der Waals surface area (Å²) in [6.45, 7) is 2.21. The average molecular weight is 326 g/mol. The summed E-state index contributed by atoms with van der Waals surface area (Å²) >= 11 is 0. The maximum absolute atomic E-state index is 10.3. The van der Waals surface area contributed by atoms with Crippen LogP contribution in [0.1, 0.15) is 71.1 Å². The molecule has 0 aromatic rings. The van der Waals surface area contributed by atoms with E-state index in [1.54, 1.807) is 0 Å². The van der Waals surface area contributed by atoms with Crippen molar-refractivity contribution >= 4 is 7.60 Å². The molecule has 0 saturated carbocycles. The first kappa shape index (κ1) is 26.3. The largest absolute Gasteiger partial charge is 1.00 e. The molecule has 0 aromatic carbocycles. The molecule has 0 aliphatic heterocycles. The van der Waals surface area contributed by atoms with E-state index in [0.29, 0.717) is 6.42 Å². The summed E-state index contributed by atoms with van der Waals surface area (Å²) in [5.74, 6) is 0. The number of unbranched alkanes of at least 4 members (excludes halogenated alkanes) is 9. The zero-order valence-corrected chi connectivity index (χ0v) is 19.6. The molecule has 0 unspecified atom stereocenters. The molecule has 0 atom stereocenters. The first-order valence-corrected chi connectivity index (χ1v) is 8.30. The first-order valence-electron chi connectivity index (χ1n) is 6.57. The number of hydrogen-bond donors (Lipinski definition) is 0. The molecule has 0 fully saturated rings. The van der Waals surface area contributed by atoms with Crippen molar-refractivity contribution in [1.29, 1.82) is 0 Å². The fourth-order valence-electron chi connectivity index (χ4n) is 1.79. The Morgan fingerprint density at radius 2 is 1.06 bits per heavy atom. The molecule has 0 amide bonds. The maximum Gasteiger partial charge on any atom is 1.00 e. The first-order chi connectivity index (χ1) is 7.56. The van der Waals surface area contributed by atoms with E-state index in [1.807, 2.05) is 0 Å². The molecule has 0 aliphatic rings. The molecule has 0 aliphatic carbocycles. The predicted molar refractivity (Wildman–Crippen MR) is 64.3 cm³/mol. The van der Waals surface area contributed by atoms with Gasteiger partial charge in [0.1, 0.15) is 0 Å². The average Bonchev–Trinajstić information content (AvgIpc) is 2.19. The maximum atomic E-state index is 10.3. The molecule has 0 spiro atoms. The van der Waals surface area contributed by atoms with Crippen molar-refractivity contribution in [3.63, 3.8) is 0 Å². The van der Waals surface area contributed by atoms with Gasteiger partial charge in [0.25, 0.3) is 0 Å². The summed E-state index contributed by atoms with van der Waals surface area (Å²) in [6.07, 6.45) is 11.3. The Morgan fingerprint density at radius 1 is 0.722 bits per heavy atom. The van der Waals surface area contributed by atoms with Crippen LogP contribution < -0.4 is 113 Å². The third-order valence-electron chi connectivity index (χ3n) is 2.79. The molecule has 0 aromatic heterocycles. The fourth-order valence-corrected chi connectivity index (χ4v) is 2.40. The van der Waals surface area contributed by atoms with Crippen LogP contribution in [0.3, 0.4) is 0 Å². The van der Waals surface area contributed by atoms with E-state index in [-0.39, 0.29) is 109 Å². The zero-order valence-electron chi connectivity index (χ0n) is 12.5. The Balaban J connectivity index is -0.00000112. The summed E-state index contributed by atoms with van der Waals surface area (Å²) < 4.78 is 10.3. The van der Waals surface area contributed by atoms with Crippen molar-refractivity contribution in [3.8, 4) is 0 Å². The number of hydrogen-bond acceptors (Lipinski definition) is 3. The molecule has 0 rings (SSSR count). The van der Waals surface area contributed by atoms with Gasteiger partial charge in [-0.05, 0) is 12.6 Å². The van der Waals surface area contributed by atoms with Crippen LogP contribution in [0.15, 0.2) is 0 Å². The van der Waals surface area contributed by atoms with E-state index in [4.69, 9.17) is 0 Å². The van der Waals surface area contributed by atoms with Crippen LogP contribution in [0.5, 0.6) is 0 Å². The molecule has 0 saturated heterocycles. The van der Waals surface area contributed by atoms with Crippen LogP contribution in [-0.2, 0) is 4.57 Å². The molecule has 3 nitrogen and oxygen atoms in total. The van der Waals surface area contributed by atoms with Gasteiger partial charge in [0.05, 0.1) is 0 Å². The predicted octanol–water partition coefficient (Wildman–Crippen LogP) is -3.17. The Bertz CT molecular complexity index is 198. The molecule has 6 heteroatoms. The summed E-state index contributed by atoms with van der Waals surface area (Å²) in [5, 5.41) is 0. The monoisotopic (exact) mass is 326 g/mol. The van der Waals surface area contributed by atoms with E-state index in [9.17, 15) is 14.4 Å².